The third-order valence-corrected chi connectivity index (χ3v) is 1.86. The van der Waals surface area contributed by atoms with Crippen molar-refractivity contribution in [3.63, 3.8) is 0 Å². The van der Waals surface area contributed by atoms with Crippen molar-refractivity contribution in [3.05, 3.63) is 35.9 Å². The Hall–Kier alpha value is -1.35. The summed E-state index contributed by atoms with van der Waals surface area (Å²) in [7, 11) is 0. The van der Waals surface area contributed by atoms with Crippen LogP contribution in [0.1, 0.15) is 18.5 Å². The van der Waals surface area contributed by atoms with E-state index < -0.39 is 0 Å². The van der Waals surface area contributed by atoms with Gasteiger partial charge in [-0.1, -0.05) is 30.3 Å². The van der Waals surface area contributed by atoms with E-state index in [0.717, 1.165) is 5.56 Å². The van der Waals surface area contributed by atoms with Gasteiger partial charge in [-0.2, -0.15) is 0 Å². The van der Waals surface area contributed by atoms with Crippen molar-refractivity contribution >= 4 is 5.91 Å². The molecule has 1 aromatic rings. The second-order valence-corrected chi connectivity index (χ2v) is 2.90. The highest BCUT2D eigenvalue weighted by Crippen LogP contribution is 2.10. The van der Waals surface area contributed by atoms with Crippen LogP contribution in [-0.4, -0.2) is 12.5 Å². The lowest BCUT2D eigenvalue weighted by Crippen LogP contribution is -2.32. The highest BCUT2D eigenvalue weighted by atomic mass is 16.1. The van der Waals surface area contributed by atoms with Crippen LogP contribution in [0.3, 0.4) is 0 Å². The van der Waals surface area contributed by atoms with E-state index >= 15 is 0 Å². The zero-order valence-corrected chi connectivity index (χ0v) is 7.66. The fourth-order valence-electron chi connectivity index (χ4n) is 1.13. The van der Waals surface area contributed by atoms with Crippen LogP contribution in [0.25, 0.3) is 0 Å². The molecule has 0 bridgehead atoms. The average Bonchev–Trinajstić information content (AvgIpc) is 2.19. The molecule has 3 nitrogen and oxygen atoms in total. The molecule has 1 rings (SSSR count). The molecule has 13 heavy (non-hydrogen) atoms. The third kappa shape index (κ3) is 2.87. The number of carbonyl (C=O) groups is 1. The topological polar surface area (TPSA) is 55.1 Å². The van der Waals surface area contributed by atoms with Gasteiger partial charge >= 0.3 is 0 Å². The number of hydrogen-bond donors (Lipinski definition) is 2. The molecule has 0 aromatic heterocycles. The summed E-state index contributed by atoms with van der Waals surface area (Å²) >= 11 is 0. The van der Waals surface area contributed by atoms with Gasteiger partial charge in [0.05, 0.1) is 12.6 Å². The summed E-state index contributed by atoms with van der Waals surface area (Å²) in [5.41, 5.74) is 6.27. The standard InChI is InChI=1S/C10H14N2O/c1-8(12-10(13)7-11)9-5-3-2-4-6-9/h2-6,8H,7,11H2,1H3,(H,12,13)/t8-/m0/s1. The van der Waals surface area contributed by atoms with Crippen LogP contribution in [0.15, 0.2) is 30.3 Å². The van der Waals surface area contributed by atoms with Crippen LogP contribution in [0.5, 0.6) is 0 Å². The maximum absolute atomic E-state index is 11.0. The van der Waals surface area contributed by atoms with Gasteiger partial charge in [0.25, 0.3) is 0 Å². The lowest BCUT2D eigenvalue weighted by atomic mass is 10.1. The van der Waals surface area contributed by atoms with Crippen molar-refractivity contribution in [3.8, 4) is 0 Å². The van der Waals surface area contributed by atoms with E-state index in [1.165, 1.54) is 0 Å². The number of nitrogens with two attached hydrogens (primary N) is 1. The van der Waals surface area contributed by atoms with Crippen LogP contribution in [0.2, 0.25) is 0 Å². The Morgan fingerprint density at radius 3 is 2.62 bits per heavy atom. The van der Waals surface area contributed by atoms with E-state index in [1.807, 2.05) is 37.3 Å². The van der Waals surface area contributed by atoms with Crippen LogP contribution < -0.4 is 11.1 Å². The smallest absolute Gasteiger partial charge is 0.234 e. The summed E-state index contributed by atoms with van der Waals surface area (Å²) in [6.07, 6.45) is 0. The van der Waals surface area contributed by atoms with E-state index in [9.17, 15) is 4.79 Å². The lowest BCUT2D eigenvalue weighted by molar-refractivity contribution is -0.120. The molecule has 3 heteroatoms. The molecular weight excluding hydrogens is 164 g/mol. The van der Waals surface area contributed by atoms with E-state index in [4.69, 9.17) is 5.73 Å². The second-order valence-electron chi connectivity index (χ2n) is 2.90. The van der Waals surface area contributed by atoms with Gasteiger partial charge in [0.1, 0.15) is 0 Å². The molecule has 1 aromatic carbocycles. The highest BCUT2D eigenvalue weighted by Gasteiger charge is 2.06. The van der Waals surface area contributed by atoms with E-state index in [1.54, 1.807) is 0 Å². The largest absolute Gasteiger partial charge is 0.348 e. The summed E-state index contributed by atoms with van der Waals surface area (Å²) in [6.45, 7) is 1.97. The van der Waals surface area contributed by atoms with Gasteiger partial charge in [-0.3, -0.25) is 4.79 Å². The van der Waals surface area contributed by atoms with E-state index in [-0.39, 0.29) is 18.5 Å². The van der Waals surface area contributed by atoms with Crippen molar-refractivity contribution in [2.45, 2.75) is 13.0 Å². The summed E-state index contributed by atoms with van der Waals surface area (Å²) in [4.78, 5) is 11.0. The average molecular weight is 178 g/mol. The molecule has 0 radical (unpaired) electrons. The van der Waals surface area contributed by atoms with Crippen molar-refractivity contribution in [2.24, 2.45) is 5.73 Å². The Labute approximate surface area is 77.9 Å². The summed E-state index contributed by atoms with van der Waals surface area (Å²) < 4.78 is 0. The maximum atomic E-state index is 11.0. The quantitative estimate of drug-likeness (QED) is 0.720. The number of rotatable bonds is 3. The Balaban J connectivity index is 2.59. The number of hydrogen-bond acceptors (Lipinski definition) is 2. The van der Waals surface area contributed by atoms with Crippen molar-refractivity contribution in [2.75, 3.05) is 6.54 Å². The molecule has 0 aliphatic carbocycles. The second kappa shape index (κ2) is 4.62. The molecule has 0 aliphatic heterocycles. The minimum Gasteiger partial charge on any atom is -0.348 e. The third-order valence-electron chi connectivity index (χ3n) is 1.86. The first kappa shape index (κ1) is 9.74. The van der Waals surface area contributed by atoms with Crippen LogP contribution in [-0.2, 0) is 4.79 Å². The molecule has 0 spiro atoms. The molecule has 1 amide bonds. The highest BCUT2D eigenvalue weighted by molar-refractivity contribution is 5.78. The van der Waals surface area contributed by atoms with E-state index in [2.05, 4.69) is 5.32 Å². The predicted octanol–water partition coefficient (Wildman–Crippen LogP) is 0.823. The molecular formula is C10H14N2O. The first-order valence-electron chi connectivity index (χ1n) is 4.28. The SMILES string of the molecule is C[C@H](NC(=O)CN)c1ccccc1. The van der Waals surface area contributed by atoms with Gasteiger partial charge in [-0.05, 0) is 12.5 Å². The van der Waals surface area contributed by atoms with Crippen LogP contribution >= 0.6 is 0 Å². The van der Waals surface area contributed by atoms with Gasteiger partial charge in [0, 0.05) is 0 Å². The summed E-state index contributed by atoms with van der Waals surface area (Å²) in [5.74, 6) is -0.128. The maximum Gasteiger partial charge on any atom is 0.234 e. The lowest BCUT2D eigenvalue weighted by Gasteiger charge is -2.12. The van der Waals surface area contributed by atoms with Gasteiger partial charge in [-0.15, -0.1) is 0 Å². The Kier molecular flexibility index (Phi) is 3.46. The van der Waals surface area contributed by atoms with Crippen LogP contribution in [0, 0.1) is 0 Å². The fraction of sp³-hybridized carbons (Fsp3) is 0.300. The molecule has 70 valence electrons. The molecule has 0 heterocycles. The molecule has 1 atom stereocenters. The summed E-state index contributed by atoms with van der Waals surface area (Å²) in [5, 5.41) is 2.78. The molecule has 3 N–H and O–H groups in total. The monoisotopic (exact) mass is 178 g/mol. The summed E-state index contributed by atoms with van der Waals surface area (Å²) in [6, 6.07) is 9.81. The Bertz CT molecular complexity index is 272. The Morgan fingerprint density at radius 2 is 2.08 bits per heavy atom. The number of carbonyl (C=O) groups excluding carboxylic acids is 1. The first-order chi connectivity index (χ1) is 6.24. The predicted molar refractivity (Wildman–Crippen MR) is 52.1 cm³/mol. The van der Waals surface area contributed by atoms with Crippen molar-refractivity contribution in [1.29, 1.82) is 0 Å². The van der Waals surface area contributed by atoms with Gasteiger partial charge < -0.3 is 11.1 Å². The minimum absolute atomic E-state index is 0.0252. The fourth-order valence-corrected chi connectivity index (χ4v) is 1.13. The van der Waals surface area contributed by atoms with Gasteiger partial charge in [-0.25, -0.2) is 0 Å². The number of amides is 1. The minimum atomic E-state index is -0.128. The number of nitrogens with one attached hydrogen (secondary N) is 1. The van der Waals surface area contributed by atoms with Crippen LogP contribution in [0.4, 0.5) is 0 Å². The molecule has 0 unspecified atom stereocenters. The zero-order chi connectivity index (χ0) is 9.68. The molecule has 0 saturated heterocycles. The normalized spacial score (nSPS) is 12.2. The molecule has 0 saturated carbocycles. The molecule has 0 aliphatic rings. The molecule has 0 fully saturated rings. The first-order valence-corrected chi connectivity index (χ1v) is 4.28. The zero-order valence-electron chi connectivity index (χ0n) is 7.66. The number of benzene rings is 1. The van der Waals surface area contributed by atoms with Crippen molar-refractivity contribution < 1.29 is 4.79 Å². The Morgan fingerprint density at radius 1 is 1.46 bits per heavy atom. The van der Waals surface area contributed by atoms with Crippen molar-refractivity contribution in [1.82, 2.24) is 5.32 Å². The van der Waals surface area contributed by atoms with Gasteiger partial charge in [0.2, 0.25) is 5.91 Å². The van der Waals surface area contributed by atoms with Gasteiger partial charge in [0.15, 0.2) is 0 Å². The van der Waals surface area contributed by atoms with E-state index in [0.29, 0.717) is 0 Å².